The highest BCUT2D eigenvalue weighted by Crippen LogP contribution is 2.33. The summed E-state index contributed by atoms with van der Waals surface area (Å²) in [4.78, 5) is 47.8. The minimum Gasteiger partial charge on any atom is -0.465 e. The standard InChI is InChI=1S/C27H32N6O6/c1-6-16-10-20-22(29-11-16)21(24(38-20)32-25(35)36)23(34)31-18-12-28-8-7-19(18)33-13-15(2)9-17(14-33)30-26(37)39-27(3,4)5/h6-8,10-12,15,17,32H,1,9,13-14H2,2-5H3,(H,30,37)(H,31,34)(H,35,36)/t15-,17+/m1/s1. The molecular formula is C27H32N6O6. The van der Waals surface area contributed by atoms with Crippen molar-refractivity contribution in [1.82, 2.24) is 15.3 Å². The predicted octanol–water partition coefficient (Wildman–Crippen LogP) is 4.95. The summed E-state index contributed by atoms with van der Waals surface area (Å²) in [5, 5.41) is 17.2. The van der Waals surface area contributed by atoms with Gasteiger partial charge in [-0.2, -0.15) is 0 Å². The second-order valence-corrected chi connectivity index (χ2v) is 10.5. The van der Waals surface area contributed by atoms with E-state index in [0.717, 1.165) is 6.42 Å². The molecule has 3 amide bonds. The first kappa shape index (κ1) is 27.4. The number of ether oxygens (including phenoxy) is 1. The summed E-state index contributed by atoms with van der Waals surface area (Å²) >= 11 is 0. The molecule has 0 saturated carbocycles. The Balaban J connectivity index is 1.60. The van der Waals surface area contributed by atoms with Crippen molar-refractivity contribution >= 4 is 52.5 Å². The van der Waals surface area contributed by atoms with Gasteiger partial charge < -0.3 is 29.8 Å². The Labute approximate surface area is 225 Å². The minimum absolute atomic E-state index is 0.0608. The van der Waals surface area contributed by atoms with Crippen molar-refractivity contribution in [2.75, 3.05) is 28.6 Å². The average molecular weight is 537 g/mol. The smallest absolute Gasteiger partial charge is 0.411 e. The van der Waals surface area contributed by atoms with Crippen LogP contribution in [0.2, 0.25) is 0 Å². The molecule has 1 fully saturated rings. The van der Waals surface area contributed by atoms with E-state index in [1.165, 1.54) is 12.4 Å². The molecule has 206 valence electrons. The quantitative estimate of drug-likeness (QED) is 0.342. The average Bonchev–Trinajstić information content (AvgIpc) is 3.18. The van der Waals surface area contributed by atoms with E-state index in [4.69, 9.17) is 9.15 Å². The van der Waals surface area contributed by atoms with Crippen molar-refractivity contribution in [1.29, 1.82) is 0 Å². The molecule has 3 aromatic heterocycles. The third-order valence-corrected chi connectivity index (χ3v) is 6.00. The molecule has 0 aromatic carbocycles. The molecular weight excluding hydrogens is 504 g/mol. The van der Waals surface area contributed by atoms with Crippen LogP contribution in [-0.4, -0.2) is 57.9 Å². The number of alkyl carbamates (subject to hydrolysis) is 1. The van der Waals surface area contributed by atoms with E-state index < -0.39 is 23.7 Å². The van der Waals surface area contributed by atoms with Gasteiger partial charge in [-0.3, -0.25) is 20.1 Å². The first-order valence-electron chi connectivity index (χ1n) is 12.5. The second kappa shape index (κ2) is 11.0. The SMILES string of the molecule is C=Cc1cnc2c(C(=O)Nc3cnccc3N3C[C@H](C)C[C@H](NC(=O)OC(C)(C)C)C3)c(NC(=O)O)oc2c1. The summed E-state index contributed by atoms with van der Waals surface area (Å²) in [6, 6.07) is 3.21. The van der Waals surface area contributed by atoms with Gasteiger partial charge in [0.1, 0.15) is 16.7 Å². The fourth-order valence-corrected chi connectivity index (χ4v) is 4.57. The van der Waals surface area contributed by atoms with Crippen molar-refractivity contribution in [3.05, 3.63) is 48.4 Å². The number of aromatic nitrogens is 2. The van der Waals surface area contributed by atoms with Crippen LogP contribution < -0.4 is 20.9 Å². The van der Waals surface area contributed by atoms with Crippen LogP contribution in [0.3, 0.4) is 0 Å². The number of carboxylic acid groups (broad SMARTS) is 1. The highest BCUT2D eigenvalue weighted by Gasteiger charge is 2.30. The van der Waals surface area contributed by atoms with Crippen LogP contribution in [0, 0.1) is 5.92 Å². The molecule has 4 heterocycles. The van der Waals surface area contributed by atoms with Crippen molar-refractivity contribution in [2.45, 2.75) is 45.8 Å². The molecule has 4 rings (SSSR count). The number of anilines is 3. The zero-order valence-electron chi connectivity index (χ0n) is 22.3. The Hall–Kier alpha value is -4.61. The minimum atomic E-state index is -1.39. The van der Waals surface area contributed by atoms with E-state index in [0.29, 0.717) is 30.0 Å². The van der Waals surface area contributed by atoms with Gasteiger partial charge in [0.05, 0.1) is 17.6 Å². The van der Waals surface area contributed by atoms with E-state index in [1.807, 2.05) is 20.8 Å². The van der Waals surface area contributed by atoms with Gasteiger partial charge in [0.15, 0.2) is 5.58 Å². The number of hydrogen-bond acceptors (Lipinski definition) is 8. The number of hydrogen-bond donors (Lipinski definition) is 4. The number of nitrogens with zero attached hydrogens (tertiary/aromatic N) is 3. The summed E-state index contributed by atoms with van der Waals surface area (Å²) < 4.78 is 11.0. The third kappa shape index (κ3) is 6.64. The molecule has 0 unspecified atom stereocenters. The number of amides is 3. The monoisotopic (exact) mass is 536 g/mol. The van der Waals surface area contributed by atoms with Crippen molar-refractivity contribution in [3.63, 3.8) is 0 Å². The van der Waals surface area contributed by atoms with Crippen LogP contribution in [-0.2, 0) is 4.74 Å². The Morgan fingerprint density at radius 1 is 1.23 bits per heavy atom. The fourth-order valence-electron chi connectivity index (χ4n) is 4.57. The van der Waals surface area contributed by atoms with Crippen LogP contribution in [0.1, 0.15) is 50.0 Å². The summed E-state index contributed by atoms with van der Waals surface area (Å²) in [6.45, 7) is 12.4. The van der Waals surface area contributed by atoms with Crippen LogP contribution in [0.25, 0.3) is 17.2 Å². The molecule has 1 aliphatic rings. The third-order valence-electron chi connectivity index (χ3n) is 6.00. The first-order valence-corrected chi connectivity index (χ1v) is 12.5. The molecule has 0 bridgehead atoms. The molecule has 2 atom stereocenters. The predicted molar refractivity (Wildman–Crippen MR) is 147 cm³/mol. The number of pyridine rings is 2. The summed E-state index contributed by atoms with van der Waals surface area (Å²) in [5.41, 5.74) is 1.51. The highest BCUT2D eigenvalue weighted by atomic mass is 16.6. The van der Waals surface area contributed by atoms with Gasteiger partial charge in [-0.05, 0) is 50.8 Å². The Morgan fingerprint density at radius 2 is 2.00 bits per heavy atom. The van der Waals surface area contributed by atoms with Gasteiger partial charge in [0, 0.05) is 31.5 Å². The zero-order chi connectivity index (χ0) is 28.3. The van der Waals surface area contributed by atoms with Gasteiger partial charge in [0.2, 0.25) is 5.88 Å². The zero-order valence-corrected chi connectivity index (χ0v) is 22.3. The fraction of sp³-hybridized carbons (Fsp3) is 0.370. The van der Waals surface area contributed by atoms with Crippen LogP contribution in [0.5, 0.6) is 0 Å². The number of carbonyl (C=O) groups is 3. The number of rotatable bonds is 6. The molecule has 12 heteroatoms. The number of nitrogens with one attached hydrogen (secondary N) is 3. The highest BCUT2D eigenvalue weighted by molar-refractivity contribution is 6.16. The maximum absolute atomic E-state index is 13.5. The Bertz CT molecular complexity index is 1410. The molecule has 3 aromatic rings. The molecule has 0 aliphatic carbocycles. The number of carbonyl (C=O) groups excluding carboxylic acids is 2. The lowest BCUT2D eigenvalue weighted by Crippen LogP contribution is -2.51. The van der Waals surface area contributed by atoms with Crippen molar-refractivity contribution < 1.29 is 28.6 Å². The molecule has 0 spiro atoms. The Kier molecular flexibility index (Phi) is 7.75. The summed E-state index contributed by atoms with van der Waals surface area (Å²) in [7, 11) is 0. The second-order valence-electron chi connectivity index (χ2n) is 10.5. The van der Waals surface area contributed by atoms with E-state index in [1.54, 1.807) is 24.4 Å². The molecule has 39 heavy (non-hydrogen) atoms. The molecule has 4 N–H and O–H groups in total. The van der Waals surface area contributed by atoms with E-state index in [9.17, 15) is 19.5 Å². The number of furan rings is 1. The van der Waals surface area contributed by atoms with E-state index >= 15 is 0 Å². The van der Waals surface area contributed by atoms with Crippen LogP contribution in [0.15, 0.2) is 41.7 Å². The lowest BCUT2D eigenvalue weighted by Gasteiger charge is -2.39. The first-order chi connectivity index (χ1) is 18.4. The van der Waals surface area contributed by atoms with Crippen LogP contribution in [0.4, 0.5) is 26.8 Å². The number of piperidine rings is 1. The lowest BCUT2D eigenvalue weighted by atomic mass is 9.95. The van der Waals surface area contributed by atoms with E-state index in [-0.39, 0.29) is 34.5 Å². The molecule has 0 radical (unpaired) electrons. The van der Waals surface area contributed by atoms with Gasteiger partial charge in [0.25, 0.3) is 5.91 Å². The van der Waals surface area contributed by atoms with Gasteiger partial charge in [-0.1, -0.05) is 19.6 Å². The van der Waals surface area contributed by atoms with Gasteiger partial charge in [-0.25, -0.2) is 9.59 Å². The van der Waals surface area contributed by atoms with Crippen molar-refractivity contribution in [3.8, 4) is 0 Å². The maximum Gasteiger partial charge on any atom is 0.411 e. The Morgan fingerprint density at radius 3 is 2.69 bits per heavy atom. The normalized spacial score (nSPS) is 17.4. The molecule has 1 saturated heterocycles. The topological polar surface area (TPSA) is 159 Å². The maximum atomic E-state index is 13.5. The van der Waals surface area contributed by atoms with Crippen LogP contribution >= 0.6 is 0 Å². The van der Waals surface area contributed by atoms with Crippen molar-refractivity contribution in [2.24, 2.45) is 5.92 Å². The lowest BCUT2D eigenvalue weighted by molar-refractivity contribution is 0.0495. The van der Waals surface area contributed by atoms with Gasteiger partial charge in [-0.15, -0.1) is 0 Å². The molecule has 12 nitrogen and oxygen atoms in total. The molecule has 1 aliphatic heterocycles. The summed E-state index contributed by atoms with van der Waals surface area (Å²) in [5.74, 6) is -0.635. The summed E-state index contributed by atoms with van der Waals surface area (Å²) in [6.07, 6.45) is 5.09. The van der Waals surface area contributed by atoms with E-state index in [2.05, 4.69) is 44.3 Å². The largest absolute Gasteiger partial charge is 0.465 e. The number of fused-ring (bicyclic) bond motifs is 1. The van der Waals surface area contributed by atoms with Gasteiger partial charge >= 0.3 is 12.2 Å².